The molecule has 0 radical (unpaired) electrons. The van der Waals surface area contributed by atoms with Crippen LogP contribution in [0.2, 0.25) is 5.02 Å². The fourth-order valence-electron chi connectivity index (χ4n) is 3.22. The molecule has 2 aromatic rings. The number of fused-ring (bicyclic) bond motifs is 2. The van der Waals surface area contributed by atoms with Gasteiger partial charge >= 0.3 is 0 Å². The summed E-state index contributed by atoms with van der Waals surface area (Å²) in [5.74, 6) is 4.55. The maximum atomic E-state index is 6.17. The number of benzene rings is 1. The van der Waals surface area contributed by atoms with Crippen molar-refractivity contribution in [2.45, 2.75) is 6.54 Å². The number of terminal acetylenes is 1. The Bertz CT molecular complexity index is 824. The molecule has 5 nitrogen and oxygen atoms in total. The van der Waals surface area contributed by atoms with E-state index in [4.69, 9.17) is 23.0 Å². The Morgan fingerprint density at radius 3 is 2.83 bits per heavy atom. The van der Waals surface area contributed by atoms with Gasteiger partial charge in [0.05, 0.1) is 18.8 Å². The SMILES string of the molecule is C#CCN1CCN(C2=Nc3cc(Cl)ccc3Cn3ccnc32)CC1. The first-order valence-electron chi connectivity index (χ1n) is 8.04. The topological polar surface area (TPSA) is 36.7 Å². The van der Waals surface area contributed by atoms with E-state index in [0.29, 0.717) is 11.6 Å². The molecule has 0 saturated carbocycles. The predicted octanol–water partition coefficient (Wildman–Crippen LogP) is 2.23. The highest BCUT2D eigenvalue weighted by atomic mass is 35.5. The molecule has 24 heavy (non-hydrogen) atoms. The minimum Gasteiger partial charge on any atom is -0.351 e. The van der Waals surface area contributed by atoms with Crippen molar-refractivity contribution in [2.24, 2.45) is 4.99 Å². The molecule has 1 aromatic heterocycles. The molecule has 6 heteroatoms. The lowest BCUT2D eigenvalue weighted by Gasteiger charge is -2.35. The van der Waals surface area contributed by atoms with Crippen molar-refractivity contribution >= 4 is 23.1 Å². The lowest BCUT2D eigenvalue weighted by atomic mass is 10.2. The van der Waals surface area contributed by atoms with Crippen LogP contribution in [-0.2, 0) is 6.54 Å². The standard InChI is InChI=1S/C18H18ClN5/c1-2-6-22-8-10-23(11-9-22)18-17-20-5-7-24(17)13-14-3-4-15(19)12-16(14)21-18/h1,3-5,7,12H,6,8-11,13H2. The summed E-state index contributed by atoms with van der Waals surface area (Å²) in [6.45, 7) is 5.12. The van der Waals surface area contributed by atoms with E-state index in [1.165, 1.54) is 0 Å². The van der Waals surface area contributed by atoms with Gasteiger partial charge in [-0.3, -0.25) is 4.90 Å². The molecule has 3 heterocycles. The molecule has 0 spiro atoms. The second-order valence-electron chi connectivity index (χ2n) is 6.05. The van der Waals surface area contributed by atoms with E-state index in [1.807, 2.05) is 30.6 Å². The van der Waals surface area contributed by atoms with Crippen LogP contribution < -0.4 is 0 Å². The molecule has 0 amide bonds. The first kappa shape index (κ1) is 15.3. The number of aliphatic imine (C=N–C) groups is 1. The first-order valence-corrected chi connectivity index (χ1v) is 8.42. The van der Waals surface area contributed by atoms with Crippen molar-refractivity contribution in [2.75, 3.05) is 32.7 Å². The lowest BCUT2D eigenvalue weighted by Crippen LogP contribution is -2.49. The Morgan fingerprint density at radius 2 is 2.04 bits per heavy atom. The molecular formula is C18H18ClN5. The van der Waals surface area contributed by atoms with E-state index in [0.717, 1.165) is 55.6 Å². The first-order chi connectivity index (χ1) is 11.7. The van der Waals surface area contributed by atoms with Crippen LogP contribution in [0.15, 0.2) is 35.6 Å². The smallest absolute Gasteiger partial charge is 0.176 e. The zero-order valence-corrected chi connectivity index (χ0v) is 14.1. The van der Waals surface area contributed by atoms with Gasteiger partial charge in [0.1, 0.15) is 0 Å². The van der Waals surface area contributed by atoms with Gasteiger partial charge in [0.2, 0.25) is 0 Å². The third kappa shape index (κ3) is 2.79. The quantitative estimate of drug-likeness (QED) is 0.748. The maximum Gasteiger partial charge on any atom is 0.176 e. The molecule has 0 N–H and O–H groups in total. The van der Waals surface area contributed by atoms with Gasteiger partial charge < -0.3 is 9.47 Å². The molecule has 122 valence electrons. The van der Waals surface area contributed by atoms with Crippen LogP contribution in [0.25, 0.3) is 0 Å². The predicted molar refractivity (Wildman–Crippen MR) is 95.8 cm³/mol. The van der Waals surface area contributed by atoms with Crippen LogP contribution in [0.3, 0.4) is 0 Å². The summed E-state index contributed by atoms with van der Waals surface area (Å²) in [6, 6.07) is 5.88. The van der Waals surface area contributed by atoms with Crippen LogP contribution in [0.4, 0.5) is 5.69 Å². The molecule has 2 aliphatic rings. The van der Waals surface area contributed by atoms with Gasteiger partial charge in [0.15, 0.2) is 11.7 Å². The molecule has 0 unspecified atom stereocenters. The Labute approximate surface area is 146 Å². The van der Waals surface area contributed by atoms with Crippen molar-refractivity contribution in [1.82, 2.24) is 19.4 Å². The van der Waals surface area contributed by atoms with E-state index in [2.05, 4.69) is 25.3 Å². The van der Waals surface area contributed by atoms with Gasteiger partial charge in [-0.2, -0.15) is 0 Å². The molecule has 1 saturated heterocycles. The molecule has 2 aliphatic heterocycles. The molecule has 0 atom stereocenters. The molecule has 1 fully saturated rings. The Balaban J connectivity index is 1.70. The zero-order valence-electron chi connectivity index (χ0n) is 13.3. The normalized spacial score (nSPS) is 17.5. The minimum atomic E-state index is 0.702. The second kappa shape index (κ2) is 6.31. The van der Waals surface area contributed by atoms with Gasteiger partial charge in [-0.25, -0.2) is 9.98 Å². The summed E-state index contributed by atoms with van der Waals surface area (Å²) < 4.78 is 2.15. The van der Waals surface area contributed by atoms with E-state index in [-0.39, 0.29) is 0 Å². The summed E-state index contributed by atoms with van der Waals surface area (Å²) >= 11 is 6.17. The molecule has 0 aliphatic carbocycles. The number of nitrogens with zero attached hydrogens (tertiary/aromatic N) is 5. The third-order valence-electron chi connectivity index (χ3n) is 4.52. The van der Waals surface area contributed by atoms with Gasteiger partial charge in [-0.1, -0.05) is 23.6 Å². The largest absolute Gasteiger partial charge is 0.351 e. The Kier molecular flexibility index (Phi) is 4.01. The summed E-state index contributed by atoms with van der Waals surface area (Å²) in [5.41, 5.74) is 2.08. The van der Waals surface area contributed by atoms with Crippen molar-refractivity contribution < 1.29 is 0 Å². The van der Waals surface area contributed by atoms with Gasteiger partial charge in [-0.15, -0.1) is 6.42 Å². The Morgan fingerprint density at radius 1 is 1.21 bits per heavy atom. The van der Waals surface area contributed by atoms with E-state index in [1.54, 1.807) is 0 Å². The molecular weight excluding hydrogens is 322 g/mol. The lowest BCUT2D eigenvalue weighted by molar-refractivity contribution is 0.200. The van der Waals surface area contributed by atoms with Crippen LogP contribution in [0.1, 0.15) is 11.4 Å². The highest BCUT2D eigenvalue weighted by Crippen LogP contribution is 2.29. The highest BCUT2D eigenvalue weighted by Gasteiger charge is 2.25. The van der Waals surface area contributed by atoms with Gasteiger partial charge in [0, 0.05) is 43.6 Å². The second-order valence-corrected chi connectivity index (χ2v) is 6.49. The minimum absolute atomic E-state index is 0.702. The van der Waals surface area contributed by atoms with E-state index >= 15 is 0 Å². The number of amidine groups is 1. The number of piperazine rings is 1. The number of hydrogen-bond acceptors (Lipinski definition) is 4. The maximum absolute atomic E-state index is 6.17. The fourth-order valence-corrected chi connectivity index (χ4v) is 3.39. The zero-order chi connectivity index (χ0) is 16.5. The van der Waals surface area contributed by atoms with Gasteiger partial charge in [-0.05, 0) is 17.7 Å². The summed E-state index contributed by atoms with van der Waals surface area (Å²) in [7, 11) is 0. The number of hydrogen-bond donors (Lipinski definition) is 0. The van der Waals surface area contributed by atoms with Crippen molar-refractivity contribution in [1.29, 1.82) is 0 Å². The average molecular weight is 340 g/mol. The van der Waals surface area contributed by atoms with Crippen molar-refractivity contribution in [3.05, 3.63) is 47.0 Å². The molecule has 4 rings (SSSR count). The van der Waals surface area contributed by atoms with Crippen molar-refractivity contribution in [3.63, 3.8) is 0 Å². The van der Waals surface area contributed by atoms with Crippen molar-refractivity contribution in [3.8, 4) is 12.3 Å². The van der Waals surface area contributed by atoms with Crippen LogP contribution >= 0.6 is 11.6 Å². The molecule has 0 bridgehead atoms. The van der Waals surface area contributed by atoms with E-state index < -0.39 is 0 Å². The summed E-state index contributed by atoms with van der Waals surface area (Å²) in [5, 5.41) is 0.704. The number of halogens is 1. The summed E-state index contributed by atoms with van der Waals surface area (Å²) in [4.78, 5) is 14.0. The number of aromatic nitrogens is 2. The number of imidazole rings is 1. The number of rotatable bonds is 1. The third-order valence-corrected chi connectivity index (χ3v) is 4.75. The fraction of sp³-hybridized carbons (Fsp3) is 0.333. The molecule has 1 aromatic carbocycles. The van der Waals surface area contributed by atoms with Crippen LogP contribution in [0.5, 0.6) is 0 Å². The van der Waals surface area contributed by atoms with Gasteiger partial charge in [0.25, 0.3) is 0 Å². The summed E-state index contributed by atoms with van der Waals surface area (Å²) in [6.07, 6.45) is 9.26. The average Bonchev–Trinajstić information content (AvgIpc) is 2.98. The van der Waals surface area contributed by atoms with Crippen LogP contribution in [0, 0.1) is 12.3 Å². The highest BCUT2D eigenvalue weighted by molar-refractivity contribution is 6.30. The monoisotopic (exact) mass is 339 g/mol. The van der Waals surface area contributed by atoms with E-state index in [9.17, 15) is 0 Å². The Hall–Kier alpha value is -2.29. The van der Waals surface area contributed by atoms with Crippen LogP contribution in [-0.4, -0.2) is 57.9 Å².